The van der Waals surface area contributed by atoms with Crippen molar-refractivity contribution in [2.45, 2.75) is 76.3 Å². The Labute approximate surface area is 178 Å². The molecule has 0 spiro atoms. The molecule has 4 amide bonds. The molecule has 2 fully saturated rings. The monoisotopic (exact) mass is 415 g/mol. The number of hydrogen-bond donors (Lipinski definition) is 2. The first kappa shape index (κ1) is 22.1. The minimum Gasteiger partial charge on any atom is -0.497 e. The molecule has 1 aromatic carbocycles. The fourth-order valence-corrected chi connectivity index (χ4v) is 4.19. The normalized spacial score (nSPS) is 20.4. The molecule has 0 bridgehead atoms. The van der Waals surface area contributed by atoms with E-state index < -0.39 is 6.04 Å². The number of methoxy groups -OCH3 is 1. The number of urea groups is 1. The van der Waals surface area contributed by atoms with Crippen LogP contribution in [0.3, 0.4) is 0 Å². The maximum Gasteiger partial charge on any atom is 0.324 e. The minimum atomic E-state index is -0.614. The van der Waals surface area contributed by atoms with Crippen molar-refractivity contribution in [1.82, 2.24) is 15.5 Å². The zero-order valence-electron chi connectivity index (χ0n) is 17.8. The lowest BCUT2D eigenvalue weighted by molar-refractivity contribution is -0.127. The molecule has 1 saturated carbocycles. The van der Waals surface area contributed by atoms with Crippen molar-refractivity contribution in [2.75, 3.05) is 13.7 Å². The van der Waals surface area contributed by atoms with Gasteiger partial charge in [-0.15, -0.1) is 0 Å². The topological polar surface area (TPSA) is 87.7 Å². The first-order chi connectivity index (χ1) is 14.6. The molecule has 1 saturated heterocycles. The fraction of sp³-hybridized carbons (Fsp3) is 0.609. The van der Waals surface area contributed by atoms with Crippen molar-refractivity contribution in [1.29, 1.82) is 0 Å². The molecular weight excluding hydrogens is 382 g/mol. The fourth-order valence-electron chi connectivity index (χ4n) is 4.19. The van der Waals surface area contributed by atoms with Crippen LogP contribution in [0.4, 0.5) is 4.79 Å². The number of carbonyl (C=O) groups is 3. The van der Waals surface area contributed by atoms with E-state index in [0.717, 1.165) is 37.0 Å². The van der Waals surface area contributed by atoms with Gasteiger partial charge in [-0.1, -0.05) is 44.2 Å². The molecule has 7 nitrogen and oxygen atoms in total. The molecule has 1 aliphatic heterocycles. The molecule has 0 radical (unpaired) electrons. The third kappa shape index (κ3) is 6.21. The summed E-state index contributed by atoms with van der Waals surface area (Å²) in [7, 11) is 1.61. The molecule has 1 aliphatic carbocycles. The molecule has 7 heteroatoms. The van der Waals surface area contributed by atoms with E-state index in [2.05, 4.69) is 10.6 Å². The van der Waals surface area contributed by atoms with Crippen molar-refractivity contribution in [2.24, 2.45) is 0 Å². The number of nitrogens with one attached hydrogen (secondary N) is 2. The van der Waals surface area contributed by atoms with Gasteiger partial charge in [0, 0.05) is 19.0 Å². The first-order valence-corrected chi connectivity index (χ1v) is 11.1. The van der Waals surface area contributed by atoms with Crippen LogP contribution < -0.4 is 15.4 Å². The SMILES string of the molecule is COc1ccc(CCN2C(=O)N[C@H](CCC(=O)NC3CCCCCCC3)C2=O)cc1. The number of nitrogens with zero attached hydrogens (tertiary/aromatic N) is 1. The van der Waals surface area contributed by atoms with Gasteiger partial charge in [0.05, 0.1) is 7.11 Å². The number of amides is 4. The van der Waals surface area contributed by atoms with Crippen LogP contribution in [-0.4, -0.2) is 48.5 Å². The van der Waals surface area contributed by atoms with E-state index in [9.17, 15) is 14.4 Å². The molecular formula is C23H33N3O4. The lowest BCUT2D eigenvalue weighted by Gasteiger charge is -2.21. The van der Waals surface area contributed by atoms with Gasteiger partial charge >= 0.3 is 6.03 Å². The Balaban J connectivity index is 1.42. The number of hydrogen-bond acceptors (Lipinski definition) is 4. The summed E-state index contributed by atoms with van der Waals surface area (Å²) in [5, 5.41) is 5.84. The number of benzene rings is 1. The van der Waals surface area contributed by atoms with Crippen molar-refractivity contribution >= 4 is 17.8 Å². The average molecular weight is 416 g/mol. The van der Waals surface area contributed by atoms with E-state index in [0.29, 0.717) is 19.4 Å². The molecule has 0 aromatic heterocycles. The summed E-state index contributed by atoms with van der Waals surface area (Å²) in [6.07, 6.45) is 9.31. The predicted octanol–water partition coefficient (Wildman–Crippen LogP) is 3.17. The largest absolute Gasteiger partial charge is 0.497 e. The molecule has 164 valence electrons. The van der Waals surface area contributed by atoms with Gasteiger partial charge in [-0.05, 0) is 43.4 Å². The Morgan fingerprint density at radius 2 is 1.77 bits per heavy atom. The van der Waals surface area contributed by atoms with Gasteiger partial charge in [0.25, 0.3) is 5.91 Å². The Kier molecular flexibility index (Phi) is 8.11. The van der Waals surface area contributed by atoms with E-state index in [4.69, 9.17) is 4.74 Å². The molecule has 1 heterocycles. The van der Waals surface area contributed by atoms with Crippen LogP contribution in [0.25, 0.3) is 0 Å². The highest BCUT2D eigenvalue weighted by atomic mass is 16.5. The highest BCUT2D eigenvalue weighted by Gasteiger charge is 2.37. The smallest absolute Gasteiger partial charge is 0.324 e. The lowest BCUT2D eigenvalue weighted by atomic mass is 9.96. The summed E-state index contributed by atoms with van der Waals surface area (Å²) < 4.78 is 5.14. The number of ether oxygens (including phenoxy) is 1. The van der Waals surface area contributed by atoms with Gasteiger partial charge in [0.2, 0.25) is 5.91 Å². The number of imide groups is 1. The quantitative estimate of drug-likeness (QED) is 0.639. The molecule has 1 atom stereocenters. The predicted molar refractivity (Wildman–Crippen MR) is 114 cm³/mol. The summed E-state index contributed by atoms with van der Waals surface area (Å²) >= 11 is 0. The summed E-state index contributed by atoms with van der Waals surface area (Å²) in [6.45, 7) is 0.321. The summed E-state index contributed by atoms with van der Waals surface area (Å²) in [4.78, 5) is 38.4. The van der Waals surface area contributed by atoms with Gasteiger partial charge in [-0.3, -0.25) is 14.5 Å². The maximum absolute atomic E-state index is 12.6. The Hall–Kier alpha value is -2.57. The zero-order chi connectivity index (χ0) is 21.3. The molecule has 2 N–H and O–H groups in total. The van der Waals surface area contributed by atoms with E-state index in [1.807, 2.05) is 24.3 Å². The van der Waals surface area contributed by atoms with Crippen LogP contribution in [0.5, 0.6) is 5.75 Å². The first-order valence-electron chi connectivity index (χ1n) is 11.1. The standard InChI is InChI=1S/C23H33N3O4/c1-30-19-11-9-17(10-12-19)15-16-26-22(28)20(25-23(26)29)13-14-21(27)24-18-7-5-3-2-4-6-8-18/h9-12,18,20H,2-8,13-16H2,1H3,(H,24,27)(H,25,29)/t20-/m1/s1. The highest BCUT2D eigenvalue weighted by Crippen LogP contribution is 2.18. The molecule has 3 rings (SSSR count). The van der Waals surface area contributed by atoms with Crippen molar-refractivity contribution in [3.63, 3.8) is 0 Å². The molecule has 30 heavy (non-hydrogen) atoms. The van der Waals surface area contributed by atoms with Gasteiger partial charge in [-0.2, -0.15) is 0 Å². The van der Waals surface area contributed by atoms with Crippen molar-refractivity contribution in [3.05, 3.63) is 29.8 Å². The van der Waals surface area contributed by atoms with E-state index in [1.165, 1.54) is 24.2 Å². The van der Waals surface area contributed by atoms with Gasteiger partial charge in [0.15, 0.2) is 0 Å². The second-order valence-corrected chi connectivity index (χ2v) is 8.24. The summed E-state index contributed by atoms with van der Waals surface area (Å²) in [6, 6.07) is 6.82. The Morgan fingerprint density at radius 3 is 2.43 bits per heavy atom. The molecule has 0 unspecified atom stereocenters. The minimum absolute atomic E-state index is 0.0284. The number of rotatable bonds is 8. The molecule has 2 aliphatic rings. The van der Waals surface area contributed by atoms with Gasteiger partial charge in [-0.25, -0.2) is 4.79 Å². The van der Waals surface area contributed by atoms with E-state index in [1.54, 1.807) is 7.11 Å². The average Bonchev–Trinajstić information content (AvgIpc) is 3.00. The Bertz CT molecular complexity index is 726. The van der Waals surface area contributed by atoms with Crippen LogP contribution >= 0.6 is 0 Å². The van der Waals surface area contributed by atoms with Crippen molar-refractivity contribution in [3.8, 4) is 5.75 Å². The highest BCUT2D eigenvalue weighted by molar-refractivity contribution is 6.04. The van der Waals surface area contributed by atoms with Crippen LogP contribution in [0, 0.1) is 0 Å². The van der Waals surface area contributed by atoms with E-state index >= 15 is 0 Å². The van der Waals surface area contributed by atoms with Crippen LogP contribution in [0.15, 0.2) is 24.3 Å². The zero-order valence-corrected chi connectivity index (χ0v) is 17.8. The third-order valence-electron chi connectivity index (χ3n) is 6.02. The van der Waals surface area contributed by atoms with Crippen LogP contribution in [-0.2, 0) is 16.0 Å². The number of carbonyl (C=O) groups excluding carboxylic acids is 3. The molecule has 1 aromatic rings. The second kappa shape index (κ2) is 11.0. The Morgan fingerprint density at radius 1 is 1.10 bits per heavy atom. The summed E-state index contributed by atoms with van der Waals surface area (Å²) in [5.41, 5.74) is 1.03. The van der Waals surface area contributed by atoms with Crippen LogP contribution in [0.1, 0.15) is 63.4 Å². The van der Waals surface area contributed by atoms with Gasteiger partial charge < -0.3 is 15.4 Å². The van der Waals surface area contributed by atoms with E-state index in [-0.39, 0.29) is 30.3 Å². The summed E-state index contributed by atoms with van der Waals surface area (Å²) in [5.74, 6) is 0.498. The maximum atomic E-state index is 12.6. The second-order valence-electron chi connectivity index (χ2n) is 8.24. The van der Waals surface area contributed by atoms with Crippen molar-refractivity contribution < 1.29 is 19.1 Å². The van der Waals surface area contributed by atoms with Gasteiger partial charge in [0.1, 0.15) is 11.8 Å². The van der Waals surface area contributed by atoms with Crippen LogP contribution in [0.2, 0.25) is 0 Å². The lowest BCUT2D eigenvalue weighted by Crippen LogP contribution is -2.37. The third-order valence-corrected chi connectivity index (χ3v) is 6.02.